The average Bonchev–Trinajstić information content (AvgIpc) is 3.66. The molecule has 0 atom stereocenters. The smallest absolute Gasteiger partial charge is 0.0546 e. The highest BCUT2D eigenvalue weighted by atomic mass is 15.1. The third kappa shape index (κ3) is 5.45. The lowest BCUT2D eigenvalue weighted by molar-refractivity contribution is 0.660. The molecule has 0 heterocycles. The standard InChI is InChI=1S/C58H45N/c1-57(2)51-24-14-13-20-46(51)47-35-34-44(36-53(47)57)59(43-32-30-41(31-33-43)40-28-26-39(27-29-40)38-16-7-5-8-17-38)54-37-50-55-45(42-18-9-6-10-19-42)23-15-25-52(55)58(3,4)56(50)49-22-12-11-21-48(49)54/h5-37H,1-4H3. The van der Waals surface area contributed by atoms with E-state index in [1.165, 1.54) is 94.3 Å². The summed E-state index contributed by atoms with van der Waals surface area (Å²) in [6, 6.07) is 74.2. The van der Waals surface area contributed by atoms with Gasteiger partial charge in [0.1, 0.15) is 0 Å². The van der Waals surface area contributed by atoms with Crippen molar-refractivity contribution in [3.8, 4) is 55.6 Å². The second-order valence-corrected chi connectivity index (χ2v) is 17.3. The molecule has 9 aromatic rings. The highest BCUT2D eigenvalue weighted by molar-refractivity contribution is 6.09. The van der Waals surface area contributed by atoms with E-state index in [1.807, 2.05) is 0 Å². The highest BCUT2D eigenvalue weighted by Crippen LogP contribution is 2.57. The van der Waals surface area contributed by atoms with Crippen molar-refractivity contribution in [2.45, 2.75) is 38.5 Å². The SMILES string of the molecule is CC1(C)c2ccccc2-c2ccc(N(c3ccc(-c4ccc(-c5ccccc5)cc4)cc3)c3cc4c(c5ccccc35)C(C)(C)c3cccc(-c5ccccc5)c3-4)cc21. The second kappa shape index (κ2) is 13.3. The Labute approximate surface area is 347 Å². The number of hydrogen-bond acceptors (Lipinski definition) is 1. The van der Waals surface area contributed by atoms with Crippen LogP contribution in [0.4, 0.5) is 17.1 Å². The van der Waals surface area contributed by atoms with Gasteiger partial charge in [-0.1, -0.05) is 198 Å². The van der Waals surface area contributed by atoms with Crippen LogP contribution >= 0.6 is 0 Å². The topological polar surface area (TPSA) is 3.24 Å². The minimum Gasteiger partial charge on any atom is -0.310 e. The van der Waals surface area contributed by atoms with Crippen LogP contribution in [0.2, 0.25) is 0 Å². The van der Waals surface area contributed by atoms with Crippen LogP contribution in [-0.4, -0.2) is 0 Å². The van der Waals surface area contributed by atoms with Gasteiger partial charge in [-0.25, -0.2) is 0 Å². The Hall–Kier alpha value is -6.96. The quantitative estimate of drug-likeness (QED) is 0.163. The second-order valence-electron chi connectivity index (χ2n) is 17.3. The zero-order valence-corrected chi connectivity index (χ0v) is 34.0. The van der Waals surface area contributed by atoms with Crippen molar-refractivity contribution >= 4 is 27.8 Å². The van der Waals surface area contributed by atoms with Crippen LogP contribution in [0.1, 0.15) is 49.9 Å². The van der Waals surface area contributed by atoms with Gasteiger partial charge in [-0.3, -0.25) is 0 Å². The van der Waals surface area contributed by atoms with Crippen molar-refractivity contribution in [3.63, 3.8) is 0 Å². The molecule has 0 saturated carbocycles. The summed E-state index contributed by atoms with van der Waals surface area (Å²) < 4.78 is 0. The highest BCUT2D eigenvalue weighted by Gasteiger charge is 2.40. The van der Waals surface area contributed by atoms with Gasteiger partial charge < -0.3 is 4.90 Å². The molecule has 11 rings (SSSR count). The zero-order valence-electron chi connectivity index (χ0n) is 34.0. The molecule has 0 saturated heterocycles. The molecular weight excluding hydrogens is 711 g/mol. The normalized spacial score (nSPS) is 14.0. The van der Waals surface area contributed by atoms with Crippen LogP contribution in [-0.2, 0) is 10.8 Å². The maximum atomic E-state index is 2.51. The van der Waals surface area contributed by atoms with Crippen LogP contribution < -0.4 is 4.90 Å². The molecule has 2 aliphatic carbocycles. The third-order valence-electron chi connectivity index (χ3n) is 13.3. The van der Waals surface area contributed by atoms with E-state index in [-0.39, 0.29) is 10.8 Å². The first-order valence-electron chi connectivity index (χ1n) is 20.8. The molecule has 2 aliphatic rings. The molecule has 0 bridgehead atoms. The molecule has 0 N–H and O–H groups in total. The van der Waals surface area contributed by atoms with Crippen LogP contribution in [0, 0.1) is 0 Å². The molecule has 0 aliphatic heterocycles. The maximum Gasteiger partial charge on any atom is 0.0546 e. The number of nitrogens with zero attached hydrogens (tertiary/aromatic N) is 1. The average molecular weight is 756 g/mol. The largest absolute Gasteiger partial charge is 0.310 e. The third-order valence-corrected chi connectivity index (χ3v) is 13.3. The van der Waals surface area contributed by atoms with E-state index in [0.717, 1.165) is 11.4 Å². The van der Waals surface area contributed by atoms with Gasteiger partial charge in [-0.2, -0.15) is 0 Å². The van der Waals surface area contributed by atoms with Gasteiger partial charge in [-0.05, 0) is 114 Å². The minimum absolute atomic E-state index is 0.128. The van der Waals surface area contributed by atoms with E-state index in [0.29, 0.717) is 0 Å². The Bertz CT molecular complexity index is 3060. The Balaban J connectivity index is 1.12. The van der Waals surface area contributed by atoms with Crippen molar-refractivity contribution in [1.29, 1.82) is 0 Å². The first-order chi connectivity index (χ1) is 28.8. The van der Waals surface area contributed by atoms with Crippen LogP contribution in [0.25, 0.3) is 66.4 Å². The van der Waals surface area contributed by atoms with Crippen molar-refractivity contribution in [2.24, 2.45) is 0 Å². The molecule has 9 aromatic carbocycles. The molecule has 282 valence electrons. The summed E-state index contributed by atoms with van der Waals surface area (Å²) in [4.78, 5) is 2.51. The van der Waals surface area contributed by atoms with Gasteiger partial charge in [-0.15, -0.1) is 0 Å². The number of hydrogen-bond donors (Lipinski definition) is 0. The summed E-state index contributed by atoms with van der Waals surface area (Å²) in [5.74, 6) is 0. The van der Waals surface area contributed by atoms with E-state index >= 15 is 0 Å². The van der Waals surface area contributed by atoms with E-state index in [9.17, 15) is 0 Å². The number of anilines is 3. The van der Waals surface area contributed by atoms with Gasteiger partial charge in [0.15, 0.2) is 0 Å². The molecule has 0 unspecified atom stereocenters. The van der Waals surface area contributed by atoms with E-state index in [2.05, 4.69) is 233 Å². The number of fused-ring (bicyclic) bond motifs is 8. The molecule has 1 heteroatoms. The van der Waals surface area contributed by atoms with Gasteiger partial charge in [0, 0.05) is 27.6 Å². The zero-order chi connectivity index (χ0) is 39.9. The lowest BCUT2D eigenvalue weighted by atomic mass is 9.79. The molecule has 0 radical (unpaired) electrons. The van der Waals surface area contributed by atoms with Crippen molar-refractivity contribution in [2.75, 3.05) is 4.90 Å². The van der Waals surface area contributed by atoms with Gasteiger partial charge >= 0.3 is 0 Å². The fourth-order valence-corrected chi connectivity index (χ4v) is 10.3. The number of benzene rings is 9. The Morgan fingerprint density at radius 2 is 0.831 bits per heavy atom. The van der Waals surface area contributed by atoms with Crippen LogP contribution in [0.5, 0.6) is 0 Å². The molecule has 59 heavy (non-hydrogen) atoms. The number of rotatable bonds is 6. The monoisotopic (exact) mass is 755 g/mol. The summed E-state index contributed by atoms with van der Waals surface area (Å²) in [5.41, 5.74) is 21.4. The van der Waals surface area contributed by atoms with Crippen LogP contribution in [0.15, 0.2) is 200 Å². The Morgan fingerprint density at radius 3 is 1.53 bits per heavy atom. The summed E-state index contributed by atoms with van der Waals surface area (Å²) >= 11 is 0. The lowest BCUT2D eigenvalue weighted by Crippen LogP contribution is -2.17. The summed E-state index contributed by atoms with van der Waals surface area (Å²) in [6.45, 7) is 9.56. The first kappa shape index (κ1) is 35.2. The fourth-order valence-electron chi connectivity index (χ4n) is 10.3. The van der Waals surface area contributed by atoms with Crippen molar-refractivity contribution in [3.05, 3.63) is 222 Å². The van der Waals surface area contributed by atoms with E-state index < -0.39 is 0 Å². The molecule has 0 fully saturated rings. The first-order valence-corrected chi connectivity index (χ1v) is 20.8. The summed E-state index contributed by atoms with van der Waals surface area (Å²) in [7, 11) is 0. The van der Waals surface area contributed by atoms with Gasteiger partial charge in [0.05, 0.1) is 5.69 Å². The summed E-state index contributed by atoms with van der Waals surface area (Å²) in [6.07, 6.45) is 0. The summed E-state index contributed by atoms with van der Waals surface area (Å²) in [5, 5.41) is 2.55. The Morgan fingerprint density at radius 1 is 0.322 bits per heavy atom. The predicted octanol–water partition coefficient (Wildman–Crippen LogP) is 15.9. The van der Waals surface area contributed by atoms with Crippen LogP contribution in [0.3, 0.4) is 0 Å². The van der Waals surface area contributed by atoms with E-state index in [4.69, 9.17) is 0 Å². The molecule has 0 aromatic heterocycles. The maximum absolute atomic E-state index is 2.51. The Kier molecular flexibility index (Phi) is 7.94. The minimum atomic E-state index is -0.181. The molecular formula is C58H45N. The molecule has 0 amide bonds. The van der Waals surface area contributed by atoms with E-state index in [1.54, 1.807) is 0 Å². The van der Waals surface area contributed by atoms with Gasteiger partial charge in [0.25, 0.3) is 0 Å². The fraction of sp³-hybridized carbons (Fsp3) is 0.103. The van der Waals surface area contributed by atoms with Gasteiger partial charge in [0.2, 0.25) is 0 Å². The lowest BCUT2D eigenvalue weighted by Gasteiger charge is -2.31. The molecule has 0 spiro atoms. The van der Waals surface area contributed by atoms with Crippen molar-refractivity contribution < 1.29 is 0 Å². The molecule has 1 nitrogen and oxygen atoms in total. The van der Waals surface area contributed by atoms with Crippen molar-refractivity contribution in [1.82, 2.24) is 0 Å². The predicted molar refractivity (Wildman–Crippen MR) is 250 cm³/mol.